The van der Waals surface area contributed by atoms with E-state index < -0.39 is 0 Å². The molecule has 1 N–H and O–H groups in total. The minimum absolute atomic E-state index is 0.613. The van der Waals surface area contributed by atoms with Gasteiger partial charge < -0.3 is 9.84 Å². The maximum absolute atomic E-state index is 5.08. The Hall–Kier alpha value is -1.33. The van der Waals surface area contributed by atoms with Crippen molar-refractivity contribution >= 4 is 11.8 Å². The molecule has 2 aromatic rings. The summed E-state index contributed by atoms with van der Waals surface area (Å²) in [4.78, 5) is 5.49. The molecule has 90 valence electrons. The van der Waals surface area contributed by atoms with Crippen molar-refractivity contribution in [3.8, 4) is 0 Å². The topological polar surface area (TPSA) is 51.0 Å². The van der Waals surface area contributed by atoms with Crippen LogP contribution >= 0.6 is 11.8 Å². The highest BCUT2D eigenvalue weighted by molar-refractivity contribution is 7.98. The highest BCUT2D eigenvalue weighted by Crippen LogP contribution is 2.21. The third-order valence-electron chi connectivity index (χ3n) is 2.23. The second-order valence-corrected chi connectivity index (χ2v) is 4.79. The fourth-order valence-electron chi connectivity index (χ4n) is 1.35. The molecule has 0 saturated heterocycles. The lowest BCUT2D eigenvalue weighted by molar-refractivity contribution is 0.368. The summed E-state index contributed by atoms with van der Waals surface area (Å²) in [6.07, 6.45) is 0. The van der Waals surface area contributed by atoms with Crippen LogP contribution in [-0.2, 0) is 12.3 Å². The monoisotopic (exact) mass is 249 g/mol. The molecule has 0 aliphatic carbocycles. The number of nitrogens with zero attached hydrogens (tertiary/aromatic N) is 2. The van der Waals surface area contributed by atoms with Gasteiger partial charge in [0.05, 0.1) is 12.3 Å². The van der Waals surface area contributed by atoms with Crippen LogP contribution < -0.4 is 5.32 Å². The Balaban J connectivity index is 1.90. The van der Waals surface area contributed by atoms with Gasteiger partial charge in [0.1, 0.15) is 0 Å². The van der Waals surface area contributed by atoms with E-state index in [4.69, 9.17) is 4.52 Å². The van der Waals surface area contributed by atoms with E-state index in [0.29, 0.717) is 12.4 Å². The largest absolute Gasteiger partial charge is 0.338 e. The van der Waals surface area contributed by atoms with Crippen LogP contribution in [0.15, 0.2) is 33.7 Å². The van der Waals surface area contributed by atoms with E-state index >= 15 is 0 Å². The van der Waals surface area contributed by atoms with Gasteiger partial charge in [-0.15, -0.1) is 11.8 Å². The second kappa shape index (κ2) is 5.84. The molecular weight excluding hydrogens is 234 g/mol. The van der Waals surface area contributed by atoms with E-state index in [-0.39, 0.29) is 0 Å². The van der Waals surface area contributed by atoms with Crippen molar-refractivity contribution in [2.45, 2.75) is 24.1 Å². The Kier molecular flexibility index (Phi) is 4.17. The summed E-state index contributed by atoms with van der Waals surface area (Å²) in [6.45, 7) is 2.69. The lowest BCUT2D eigenvalue weighted by Crippen LogP contribution is -2.05. The van der Waals surface area contributed by atoms with E-state index in [0.717, 1.165) is 11.6 Å². The van der Waals surface area contributed by atoms with Gasteiger partial charge >= 0.3 is 0 Å². The number of aryl methyl sites for hydroxylation is 1. The van der Waals surface area contributed by atoms with Gasteiger partial charge in [0.15, 0.2) is 5.82 Å². The predicted molar refractivity (Wildman–Crippen MR) is 67.8 cm³/mol. The summed E-state index contributed by atoms with van der Waals surface area (Å²) >= 11 is 1.71. The third kappa shape index (κ3) is 3.57. The van der Waals surface area contributed by atoms with Crippen molar-refractivity contribution in [1.29, 1.82) is 0 Å². The molecule has 0 fully saturated rings. The Morgan fingerprint density at radius 3 is 2.76 bits per heavy atom. The number of benzene rings is 1. The van der Waals surface area contributed by atoms with E-state index in [9.17, 15) is 0 Å². The number of rotatable bonds is 5. The second-order valence-electron chi connectivity index (χ2n) is 3.74. The summed E-state index contributed by atoms with van der Waals surface area (Å²) < 4.78 is 5.08. The van der Waals surface area contributed by atoms with Crippen molar-refractivity contribution in [3.63, 3.8) is 0 Å². The van der Waals surface area contributed by atoms with Crippen molar-refractivity contribution in [2.24, 2.45) is 0 Å². The molecule has 0 saturated carbocycles. The molecule has 1 heterocycles. The van der Waals surface area contributed by atoms with Crippen molar-refractivity contribution in [3.05, 3.63) is 41.5 Å². The highest BCUT2D eigenvalue weighted by Gasteiger charge is 2.05. The van der Waals surface area contributed by atoms with Crippen LogP contribution in [0.5, 0.6) is 0 Å². The normalized spacial score (nSPS) is 10.7. The van der Waals surface area contributed by atoms with Gasteiger partial charge in [-0.1, -0.05) is 22.9 Å². The Morgan fingerprint density at radius 2 is 2.06 bits per heavy atom. The zero-order valence-electron chi connectivity index (χ0n) is 9.93. The first-order valence-electron chi connectivity index (χ1n) is 5.43. The molecule has 1 aromatic carbocycles. The smallest absolute Gasteiger partial charge is 0.240 e. The van der Waals surface area contributed by atoms with Crippen LogP contribution in [0.4, 0.5) is 0 Å². The fraction of sp³-hybridized carbons (Fsp3) is 0.333. The first-order valence-corrected chi connectivity index (χ1v) is 6.42. The van der Waals surface area contributed by atoms with Crippen molar-refractivity contribution in [2.75, 3.05) is 7.05 Å². The van der Waals surface area contributed by atoms with Gasteiger partial charge in [0.25, 0.3) is 0 Å². The Bertz CT molecular complexity index is 467. The molecule has 0 radical (unpaired) electrons. The molecule has 0 aliphatic heterocycles. The maximum atomic E-state index is 5.08. The average Bonchev–Trinajstić information content (AvgIpc) is 2.77. The minimum atomic E-state index is 0.613. The van der Waals surface area contributed by atoms with Crippen molar-refractivity contribution < 1.29 is 4.52 Å². The van der Waals surface area contributed by atoms with Crippen LogP contribution in [0.2, 0.25) is 0 Å². The van der Waals surface area contributed by atoms with Gasteiger partial charge in [-0.2, -0.15) is 4.98 Å². The molecule has 0 unspecified atom stereocenters. The van der Waals surface area contributed by atoms with Gasteiger partial charge in [-0.3, -0.25) is 0 Å². The molecule has 0 bridgehead atoms. The molecule has 0 aliphatic rings. The lowest BCUT2D eigenvalue weighted by Gasteiger charge is -1.98. The van der Waals surface area contributed by atoms with E-state index in [1.54, 1.807) is 11.8 Å². The van der Waals surface area contributed by atoms with Crippen LogP contribution in [0.25, 0.3) is 0 Å². The van der Waals surface area contributed by atoms with E-state index in [2.05, 4.69) is 46.6 Å². The molecule has 4 nitrogen and oxygen atoms in total. The summed E-state index contributed by atoms with van der Waals surface area (Å²) in [5, 5.41) is 6.89. The first-order chi connectivity index (χ1) is 8.28. The predicted octanol–water partition coefficient (Wildman–Crippen LogP) is 2.39. The maximum Gasteiger partial charge on any atom is 0.240 e. The van der Waals surface area contributed by atoms with Crippen LogP contribution in [-0.4, -0.2) is 17.2 Å². The summed E-state index contributed by atoms with van der Waals surface area (Å²) in [5.74, 6) is 2.10. The summed E-state index contributed by atoms with van der Waals surface area (Å²) in [7, 11) is 1.85. The standard InChI is InChI=1S/C12H15N3OS/c1-9-3-5-10(6-4-9)17-8-11-14-12(7-13-2)16-15-11/h3-6,13H,7-8H2,1-2H3. The lowest BCUT2D eigenvalue weighted by atomic mass is 10.2. The van der Waals surface area contributed by atoms with E-state index in [1.165, 1.54) is 10.5 Å². The van der Waals surface area contributed by atoms with Gasteiger partial charge in [0, 0.05) is 4.90 Å². The van der Waals surface area contributed by atoms with Crippen molar-refractivity contribution in [1.82, 2.24) is 15.5 Å². The molecule has 17 heavy (non-hydrogen) atoms. The highest BCUT2D eigenvalue weighted by atomic mass is 32.2. The molecule has 2 rings (SSSR count). The third-order valence-corrected chi connectivity index (χ3v) is 3.24. The number of hydrogen-bond acceptors (Lipinski definition) is 5. The molecule has 0 atom stereocenters. The number of nitrogens with one attached hydrogen (secondary N) is 1. The zero-order chi connectivity index (χ0) is 12.1. The molecule has 5 heteroatoms. The van der Waals surface area contributed by atoms with Crippen LogP contribution in [0, 0.1) is 6.92 Å². The number of hydrogen-bond donors (Lipinski definition) is 1. The number of thioether (sulfide) groups is 1. The fourth-order valence-corrected chi connectivity index (χ4v) is 2.10. The minimum Gasteiger partial charge on any atom is -0.338 e. The zero-order valence-corrected chi connectivity index (χ0v) is 10.8. The van der Waals surface area contributed by atoms with Crippen LogP contribution in [0.3, 0.4) is 0 Å². The van der Waals surface area contributed by atoms with Gasteiger partial charge in [-0.05, 0) is 26.1 Å². The van der Waals surface area contributed by atoms with Gasteiger partial charge in [-0.25, -0.2) is 0 Å². The summed E-state index contributed by atoms with van der Waals surface area (Å²) in [6, 6.07) is 8.42. The van der Waals surface area contributed by atoms with Crippen LogP contribution in [0.1, 0.15) is 17.3 Å². The SMILES string of the molecule is CNCc1nc(CSc2ccc(C)cc2)no1. The molecular formula is C12H15N3OS. The quantitative estimate of drug-likeness (QED) is 0.825. The molecule has 0 spiro atoms. The number of aromatic nitrogens is 2. The van der Waals surface area contributed by atoms with E-state index in [1.807, 2.05) is 7.05 Å². The summed E-state index contributed by atoms with van der Waals surface area (Å²) in [5.41, 5.74) is 1.27. The molecule has 1 aromatic heterocycles. The Labute approximate surface area is 105 Å². The Morgan fingerprint density at radius 1 is 1.29 bits per heavy atom. The average molecular weight is 249 g/mol. The first kappa shape index (κ1) is 12.1. The van der Waals surface area contributed by atoms with Gasteiger partial charge in [0.2, 0.25) is 5.89 Å². The molecule has 0 amide bonds.